The SMILES string of the molecule is CSC(=S)N/N=C/c1ccccc1[O-].CSC(=S)N/N=C/c1ccccc1[O-].[Co+2]. The zero-order valence-corrected chi connectivity index (χ0v) is 19.8. The number of para-hydroxylation sites is 2. The monoisotopic (exact) mass is 509 g/mol. The van der Waals surface area contributed by atoms with E-state index >= 15 is 0 Å². The minimum atomic E-state index is -0.0480. The molecule has 2 aromatic carbocycles. The van der Waals surface area contributed by atoms with Crippen molar-refractivity contribution in [3.63, 3.8) is 0 Å². The van der Waals surface area contributed by atoms with E-state index in [1.165, 1.54) is 48.1 Å². The van der Waals surface area contributed by atoms with E-state index in [1.807, 2.05) is 12.5 Å². The maximum absolute atomic E-state index is 11.2. The van der Waals surface area contributed by atoms with Crippen molar-refractivity contribution in [1.29, 1.82) is 0 Å². The van der Waals surface area contributed by atoms with Crippen LogP contribution in [0.5, 0.6) is 11.5 Å². The first-order chi connectivity index (χ1) is 13.5. The van der Waals surface area contributed by atoms with Gasteiger partial charge in [0.05, 0.1) is 12.4 Å². The molecule has 155 valence electrons. The summed E-state index contributed by atoms with van der Waals surface area (Å²) >= 11 is 12.5. The Morgan fingerprint density at radius 3 is 1.45 bits per heavy atom. The number of thiocarbonyl (C=S) groups is 2. The van der Waals surface area contributed by atoms with Crippen molar-refractivity contribution in [1.82, 2.24) is 10.9 Å². The van der Waals surface area contributed by atoms with Gasteiger partial charge in [0, 0.05) is 0 Å². The average Bonchev–Trinajstić information content (AvgIpc) is 2.71. The first-order valence-electron chi connectivity index (χ1n) is 7.74. The Morgan fingerprint density at radius 2 is 1.14 bits per heavy atom. The number of nitrogens with zero attached hydrogens (tertiary/aromatic N) is 2. The third kappa shape index (κ3) is 11.8. The number of rotatable bonds is 4. The van der Waals surface area contributed by atoms with Crippen molar-refractivity contribution in [2.45, 2.75) is 0 Å². The van der Waals surface area contributed by atoms with Gasteiger partial charge in [-0.2, -0.15) is 10.2 Å². The molecule has 2 rings (SSSR count). The van der Waals surface area contributed by atoms with Crippen LogP contribution in [0, 0.1) is 0 Å². The summed E-state index contributed by atoms with van der Waals surface area (Å²) in [6.45, 7) is 0. The molecule has 0 spiro atoms. The fraction of sp³-hybridized carbons (Fsp3) is 0.111. The minimum absolute atomic E-state index is 0. The average molecular weight is 510 g/mol. The summed E-state index contributed by atoms with van der Waals surface area (Å²) in [5, 5.41) is 30.1. The number of thioether (sulfide) groups is 2. The van der Waals surface area contributed by atoms with E-state index in [9.17, 15) is 10.2 Å². The molecule has 0 aliphatic carbocycles. The normalized spacial score (nSPS) is 10.0. The third-order valence-electron chi connectivity index (χ3n) is 2.93. The number of hydrogen-bond donors (Lipinski definition) is 2. The summed E-state index contributed by atoms with van der Waals surface area (Å²) < 4.78 is 1.15. The summed E-state index contributed by atoms with van der Waals surface area (Å²) in [5.41, 5.74) is 6.36. The van der Waals surface area contributed by atoms with Crippen LogP contribution in [-0.2, 0) is 16.8 Å². The largest absolute Gasteiger partial charge is 2.00 e. The van der Waals surface area contributed by atoms with E-state index in [4.69, 9.17) is 24.4 Å². The van der Waals surface area contributed by atoms with Gasteiger partial charge in [0.25, 0.3) is 0 Å². The molecule has 29 heavy (non-hydrogen) atoms. The Labute approximate surface area is 199 Å². The van der Waals surface area contributed by atoms with Gasteiger partial charge in [0.15, 0.2) is 8.64 Å². The first-order valence-corrected chi connectivity index (χ1v) is 11.0. The van der Waals surface area contributed by atoms with Gasteiger partial charge in [-0.05, 0) is 23.6 Å². The zero-order valence-electron chi connectivity index (χ0n) is 15.5. The third-order valence-corrected chi connectivity index (χ3v) is 5.03. The quantitative estimate of drug-likeness (QED) is 0.369. The van der Waals surface area contributed by atoms with Crippen LogP contribution in [0.15, 0.2) is 58.7 Å². The van der Waals surface area contributed by atoms with E-state index in [1.54, 1.807) is 36.4 Å². The fourth-order valence-corrected chi connectivity index (χ4v) is 1.97. The van der Waals surface area contributed by atoms with Crippen LogP contribution in [0.4, 0.5) is 0 Å². The second-order valence-corrected chi connectivity index (χ2v) is 7.77. The van der Waals surface area contributed by atoms with Gasteiger partial charge in [-0.3, -0.25) is 10.9 Å². The molecule has 0 atom stereocenters. The van der Waals surface area contributed by atoms with Crippen LogP contribution in [0.2, 0.25) is 0 Å². The van der Waals surface area contributed by atoms with E-state index < -0.39 is 0 Å². The van der Waals surface area contributed by atoms with Crippen molar-refractivity contribution in [3.8, 4) is 11.5 Å². The fourth-order valence-electron chi connectivity index (χ4n) is 1.57. The summed E-state index contributed by atoms with van der Waals surface area (Å²) in [4.78, 5) is 0. The molecule has 0 aliphatic rings. The summed E-state index contributed by atoms with van der Waals surface area (Å²) in [7, 11) is 0. The predicted molar refractivity (Wildman–Crippen MR) is 125 cm³/mol. The Bertz CT molecular complexity index is 781. The Morgan fingerprint density at radius 1 is 0.793 bits per heavy atom. The van der Waals surface area contributed by atoms with Gasteiger partial charge in [-0.25, -0.2) is 0 Å². The molecular weight excluding hydrogens is 491 g/mol. The maximum Gasteiger partial charge on any atom is 2.00 e. The van der Waals surface area contributed by atoms with Crippen LogP contribution in [0.25, 0.3) is 0 Å². The van der Waals surface area contributed by atoms with Crippen LogP contribution in [-0.4, -0.2) is 33.6 Å². The van der Waals surface area contributed by atoms with Crippen molar-refractivity contribution in [3.05, 3.63) is 59.7 Å². The van der Waals surface area contributed by atoms with Crippen molar-refractivity contribution in [2.75, 3.05) is 12.5 Å². The summed E-state index contributed by atoms with van der Waals surface area (Å²) in [6, 6.07) is 13.4. The molecular formula is C18H18CoN4O2S4. The molecule has 0 amide bonds. The second-order valence-electron chi connectivity index (χ2n) is 4.80. The molecule has 0 heterocycles. The molecule has 1 radical (unpaired) electrons. The number of benzene rings is 2. The van der Waals surface area contributed by atoms with Gasteiger partial charge >= 0.3 is 16.8 Å². The molecule has 0 fully saturated rings. The predicted octanol–water partition coefficient (Wildman–Crippen LogP) is 2.66. The Hall–Kier alpha value is -1.63. The van der Waals surface area contributed by atoms with Crippen LogP contribution >= 0.6 is 48.0 Å². The summed E-state index contributed by atoms with van der Waals surface area (Å²) in [5.74, 6) is -0.0961. The van der Waals surface area contributed by atoms with Crippen molar-refractivity contribution < 1.29 is 27.0 Å². The van der Waals surface area contributed by atoms with Crippen molar-refractivity contribution in [2.24, 2.45) is 10.2 Å². The van der Waals surface area contributed by atoms with Gasteiger partial charge in [-0.1, -0.05) is 108 Å². The van der Waals surface area contributed by atoms with Gasteiger partial charge in [0.2, 0.25) is 0 Å². The molecule has 0 bridgehead atoms. The molecule has 11 heteroatoms. The van der Waals surface area contributed by atoms with Gasteiger partial charge in [-0.15, -0.1) is 0 Å². The Balaban J connectivity index is 0.000000523. The molecule has 0 aromatic heterocycles. The van der Waals surface area contributed by atoms with Gasteiger partial charge in [0.1, 0.15) is 0 Å². The minimum Gasteiger partial charge on any atom is -0.872 e. The molecule has 0 saturated carbocycles. The summed E-state index contributed by atoms with van der Waals surface area (Å²) in [6.07, 6.45) is 6.63. The molecule has 6 nitrogen and oxygen atoms in total. The van der Waals surface area contributed by atoms with E-state index in [0.717, 1.165) is 0 Å². The number of hydrazone groups is 2. The molecule has 0 unspecified atom stereocenters. The number of hydrogen-bond acceptors (Lipinski definition) is 8. The molecule has 0 saturated heterocycles. The van der Waals surface area contributed by atoms with E-state index in [2.05, 4.69) is 21.1 Å². The maximum atomic E-state index is 11.2. The Kier molecular flexibility index (Phi) is 15.3. The first kappa shape index (κ1) is 27.4. The van der Waals surface area contributed by atoms with Crippen LogP contribution in [0.1, 0.15) is 11.1 Å². The number of nitrogens with one attached hydrogen (secondary N) is 2. The van der Waals surface area contributed by atoms with Gasteiger partial charge < -0.3 is 10.2 Å². The molecule has 0 aliphatic heterocycles. The van der Waals surface area contributed by atoms with E-state index in [-0.39, 0.29) is 28.3 Å². The molecule has 2 N–H and O–H groups in total. The smallest absolute Gasteiger partial charge is 0.872 e. The van der Waals surface area contributed by atoms with E-state index in [0.29, 0.717) is 19.8 Å². The van der Waals surface area contributed by atoms with Crippen LogP contribution < -0.4 is 21.1 Å². The second kappa shape index (κ2) is 16.2. The van der Waals surface area contributed by atoms with Crippen molar-refractivity contribution >= 4 is 69.0 Å². The topological polar surface area (TPSA) is 94.9 Å². The zero-order chi connectivity index (χ0) is 20.8. The standard InChI is InChI=1S/2C9H10N2OS2.Co/c2*1-14-9(13)11-10-6-7-4-2-3-5-8(7)12;/h2*2-6,12H,1H3,(H,11,13);/q;;+2/p-2/b2*10-6+;. The molecule has 2 aromatic rings. The van der Waals surface area contributed by atoms with Crippen LogP contribution in [0.3, 0.4) is 0 Å².